The molecule has 0 saturated heterocycles. The van der Waals surface area contributed by atoms with Crippen molar-refractivity contribution in [2.75, 3.05) is 21.3 Å². The SMILES string of the molecule is COC(=O)CC(C)CC(N)c1cc(OC)c(Br)cc1OC. The molecule has 2 N–H and O–H groups in total. The van der Waals surface area contributed by atoms with Crippen molar-refractivity contribution in [1.29, 1.82) is 0 Å². The second-order valence-corrected chi connectivity index (χ2v) is 5.81. The number of nitrogens with two attached hydrogens (primary N) is 1. The van der Waals surface area contributed by atoms with Crippen LogP contribution in [0.4, 0.5) is 0 Å². The van der Waals surface area contributed by atoms with Gasteiger partial charge in [-0.05, 0) is 40.4 Å². The van der Waals surface area contributed by atoms with Crippen LogP contribution in [0.1, 0.15) is 31.4 Å². The Balaban J connectivity index is 2.90. The minimum atomic E-state index is -0.249. The third-order valence-electron chi connectivity index (χ3n) is 3.30. The Hall–Kier alpha value is -1.27. The van der Waals surface area contributed by atoms with E-state index in [9.17, 15) is 4.79 Å². The Kier molecular flexibility index (Phi) is 6.98. The minimum absolute atomic E-state index is 0.117. The van der Waals surface area contributed by atoms with Gasteiger partial charge in [0.15, 0.2) is 0 Å². The minimum Gasteiger partial charge on any atom is -0.496 e. The van der Waals surface area contributed by atoms with Gasteiger partial charge in [-0.3, -0.25) is 4.79 Å². The molecule has 0 saturated carbocycles. The van der Waals surface area contributed by atoms with Gasteiger partial charge < -0.3 is 19.9 Å². The third kappa shape index (κ3) is 4.89. The van der Waals surface area contributed by atoms with Crippen molar-refractivity contribution < 1.29 is 19.0 Å². The topological polar surface area (TPSA) is 70.8 Å². The number of ether oxygens (including phenoxy) is 3. The molecule has 0 aliphatic carbocycles. The van der Waals surface area contributed by atoms with Gasteiger partial charge in [-0.15, -0.1) is 0 Å². The number of benzene rings is 1. The summed E-state index contributed by atoms with van der Waals surface area (Å²) in [5.41, 5.74) is 7.12. The first kappa shape index (κ1) is 17.8. The number of halogens is 1. The van der Waals surface area contributed by atoms with Gasteiger partial charge in [0.1, 0.15) is 11.5 Å². The molecule has 0 aromatic heterocycles. The maximum absolute atomic E-state index is 11.3. The molecule has 1 aromatic carbocycles. The Bertz CT molecular complexity index is 493. The molecule has 2 atom stereocenters. The van der Waals surface area contributed by atoms with Crippen molar-refractivity contribution in [3.8, 4) is 11.5 Å². The second-order valence-electron chi connectivity index (χ2n) is 4.96. The summed E-state index contributed by atoms with van der Waals surface area (Å²) in [5.74, 6) is 1.28. The quantitative estimate of drug-likeness (QED) is 0.757. The molecular formula is C15H22BrNO4. The highest BCUT2D eigenvalue weighted by molar-refractivity contribution is 9.10. The fourth-order valence-corrected chi connectivity index (χ4v) is 2.67. The lowest BCUT2D eigenvalue weighted by atomic mass is 9.93. The summed E-state index contributed by atoms with van der Waals surface area (Å²) >= 11 is 3.42. The number of hydrogen-bond donors (Lipinski definition) is 1. The molecular weight excluding hydrogens is 338 g/mol. The summed E-state index contributed by atoms with van der Waals surface area (Å²) in [4.78, 5) is 11.3. The summed E-state index contributed by atoms with van der Waals surface area (Å²) in [6, 6.07) is 3.44. The lowest BCUT2D eigenvalue weighted by Crippen LogP contribution is -2.17. The molecule has 1 aromatic rings. The molecule has 118 valence electrons. The molecule has 1 rings (SSSR count). The maximum atomic E-state index is 11.3. The number of esters is 1. The number of rotatable bonds is 7. The highest BCUT2D eigenvalue weighted by Crippen LogP contribution is 2.37. The van der Waals surface area contributed by atoms with Crippen LogP contribution < -0.4 is 15.2 Å². The fraction of sp³-hybridized carbons (Fsp3) is 0.533. The third-order valence-corrected chi connectivity index (χ3v) is 3.92. The van der Waals surface area contributed by atoms with Crippen LogP contribution in [-0.4, -0.2) is 27.3 Å². The number of methoxy groups -OCH3 is 3. The molecule has 0 aliphatic heterocycles. The van der Waals surface area contributed by atoms with E-state index in [4.69, 9.17) is 15.2 Å². The molecule has 0 radical (unpaired) electrons. The van der Waals surface area contributed by atoms with Crippen LogP contribution in [0.25, 0.3) is 0 Å². The van der Waals surface area contributed by atoms with Gasteiger partial charge in [0.25, 0.3) is 0 Å². The smallest absolute Gasteiger partial charge is 0.305 e. The zero-order chi connectivity index (χ0) is 16.0. The van der Waals surface area contributed by atoms with E-state index in [1.807, 2.05) is 19.1 Å². The van der Waals surface area contributed by atoms with Gasteiger partial charge in [0, 0.05) is 18.0 Å². The first-order chi connectivity index (χ1) is 9.92. The normalized spacial score (nSPS) is 13.4. The summed E-state index contributed by atoms with van der Waals surface area (Å²) in [5, 5.41) is 0. The fourth-order valence-electron chi connectivity index (χ4n) is 2.19. The zero-order valence-corrected chi connectivity index (χ0v) is 14.4. The molecule has 0 fully saturated rings. The van der Waals surface area contributed by atoms with Crippen molar-refractivity contribution >= 4 is 21.9 Å². The molecule has 0 bridgehead atoms. The monoisotopic (exact) mass is 359 g/mol. The van der Waals surface area contributed by atoms with Gasteiger partial charge in [-0.2, -0.15) is 0 Å². The van der Waals surface area contributed by atoms with Crippen LogP contribution in [0.5, 0.6) is 11.5 Å². The van der Waals surface area contributed by atoms with E-state index in [-0.39, 0.29) is 17.9 Å². The predicted molar refractivity (Wildman–Crippen MR) is 84.6 cm³/mol. The van der Waals surface area contributed by atoms with Gasteiger partial charge in [0.05, 0.1) is 25.8 Å². The lowest BCUT2D eigenvalue weighted by Gasteiger charge is -2.20. The van der Waals surface area contributed by atoms with Crippen molar-refractivity contribution in [1.82, 2.24) is 0 Å². The van der Waals surface area contributed by atoms with Gasteiger partial charge in [-0.25, -0.2) is 0 Å². The van der Waals surface area contributed by atoms with Gasteiger partial charge in [-0.1, -0.05) is 6.92 Å². The second kappa shape index (κ2) is 8.24. The Morgan fingerprint density at radius 3 is 2.38 bits per heavy atom. The Morgan fingerprint density at radius 2 is 1.86 bits per heavy atom. The Labute approximate surface area is 133 Å². The summed E-state index contributed by atoms with van der Waals surface area (Å²) in [6.45, 7) is 1.97. The Morgan fingerprint density at radius 1 is 1.24 bits per heavy atom. The summed E-state index contributed by atoms with van der Waals surface area (Å²) in [6.07, 6.45) is 0.996. The van der Waals surface area contributed by atoms with Crippen LogP contribution in [0.2, 0.25) is 0 Å². The molecule has 0 heterocycles. The van der Waals surface area contributed by atoms with E-state index >= 15 is 0 Å². The van der Waals surface area contributed by atoms with Crippen LogP contribution in [0, 0.1) is 5.92 Å². The molecule has 5 nitrogen and oxygen atoms in total. The van der Waals surface area contributed by atoms with Crippen molar-refractivity contribution in [3.63, 3.8) is 0 Å². The highest BCUT2D eigenvalue weighted by Gasteiger charge is 2.19. The summed E-state index contributed by atoms with van der Waals surface area (Å²) < 4.78 is 16.1. The lowest BCUT2D eigenvalue weighted by molar-refractivity contribution is -0.141. The van der Waals surface area contributed by atoms with Crippen molar-refractivity contribution in [2.45, 2.75) is 25.8 Å². The predicted octanol–water partition coefficient (Wildman–Crippen LogP) is 3.06. The molecule has 21 heavy (non-hydrogen) atoms. The molecule has 0 spiro atoms. The van der Waals surface area contributed by atoms with Crippen LogP contribution in [0.3, 0.4) is 0 Å². The van der Waals surface area contributed by atoms with Crippen LogP contribution in [0.15, 0.2) is 16.6 Å². The number of carbonyl (C=O) groups excluding carboxylic acids is 1. The average molecular weight is 360 g/mol. The molecule has 0 amide bonds. The standard InChI is InChI=1S/C15H22BrNO4/c1-9(6-15(18)21-4)5-12(17)10-7-14(20-3)11(16)8-13(10)19-2/h7-9,12H,5-6,17H2,1-4H3. The van der Waals surface area contributed by atoms with Gasteiger partial charge >= 0.3 is 5.97 Å². The first-order valence-corrected chi connectivity index (χ1v) is 7.46. The van der Waals surface area contributed by atoms with E-state index in [2.05, 4.69) is 20.7 Å². The number of hydrogen-bond acceptors (Lipinski definition) is 5. The van der Waals surface area contributed by atoms with E-state index in [0.717, 1.165) is 10.0 Å². The maximum Gasteiger partial charge on any atom is 0.305 e. The van der Waals surface area contributed by atoms with Crippen molar-refractivity contribution in [3.05, 3.63) is 22.2 Å². The molecule has 2 unspecified atom stereocenters. The summed E-state index contributed by atoms with van der Waals surface area (Å²) in [7, 11) is 4.59. The zero-order valence-electron chi connectivity index (χ0n) is 12.8. The largest absolute Gasteiger partial charge is 0.496 e. The first-order valence-electron chi connectivity index (χ1n) is 6.66. The highest BCUT2D eigenvalue weighted by atomic mass is 79.9. The van der Waals surface area contributed by atoms with E-state index in [1.54, 1.807) is 14.2 Å². The number of carbonyl (C=O) groups is 1. The van der Waals surface area contributed by atoms with E-state index in [0.29, 0.717) is 24.3 Å². The van der Waals surface area contributed by atoms with Crippen LogP contribution >= 0.6 is 15.9 Å². The van der Waals surface area contributed by atoms with E-state index < -0.39 is 0 Å². The van der Waals surface area contributed by atoms with Gasteiger partial charge in [0.2, 0.25) is 0 Å². The molecule has 6 heteroatoms. The van der Waals surface area contributed by atoms with Crippen LogP contribution in [-0.2, 0) is 9.53 Å². The molecule has 0 aliphatic rings. The average Bonchev–Trinajstić information content (AvgIpc) is 2.46. The van der Waals surface area contributed by atoms with Crippen molar-refractivity contribution in [2.24, 2.45) is 11.7 Å². The van der Waals surface area contributed by atoms with E-state index in [1.165, 1.54) is 7.11 Å².